The van der Waals surface area contributed by atoms with E-state index in [1.807, 2.05) is 30.3 Å². The van der Waals surface area contributed by atoms with Crippen LogP contribution < -0.4 is 17.2 Å². The monoisotopic (exact) mass is 529 g/mol. The molecule has 2 aromatic rings. The summed E-state index contributed by atoms with van der Waals surface area (Å²) in [6.45, 7) is 0. The third kappa shape index (κ3) is 3.10. The summed E-state index contributed by atoms with van der Waals surface area (Å²) in [5.74, 6) is -5.65. The van der Waals surface area contributed by atoms with E-state index in [1.165, 1.54) is 25.1 Å². The van der Waals surface area contributed by atoms with E-state index in [0.717, 1.165) is 5.56 Å². The number of carbonyl (C=O) groups excluding carboxylic acids is 3. The van der Waals surface area contributed by atoms with Crippen LogP contribution in [0.3, 0.4) is 0 Å². The van der Waals surface area contributed by atoms with Crippen molar-refractivity contribution in [3.05, 3.63) is 70.5 Å². The maximum absolute atomic E-state index is 14.3. The second kappa shape index (κ2) is 8.25. The molecule has 0 radical (unpaired) electrons. The molecule has 5 rings (SSSR count). The van der Waals surface area contributed by atoms with Crippen LogP contribution in [0.2, 0.25) is 0 Å². The van der Waals surface area contributed by atoms with Gasteiger partial charge in [0.25, 0.3) is 5.91 Å². The normalized spacial score (nSPS) is 30.0. The molecular formula is C28H27N5O6. The van der Waals surface area contributed by atoms with E-state index in [2.05, 4.69) is 0 Å². The highest BCUT2D eigenvalue weighted by molar-refractivity contribution is 6.25. The maximum Gasteiger partial charge on any atom is 0.255 e. The quantitative estimate of drug-likeness (QED) is 0.304. The summed E-state index contributed by atoms with van der Waals surface area (Å²) in [5, 5.41) is 44.0. The van der Waals surface area contributed by atoms with Crippen molar-refractivity contribution in [2.75, 3.05) is 14.1 Å². The van der Waals surface area contributed by atoms with Gasteiger partial charge in [-0.15, -0.1) is 0 Å². The first-order chi connectivity index (χ1) is 18.3. The summed E-state index contributed by atoms with van der Waals surface area (Å²) in [4.78, 5) is 41.4. The number of fused-ring (bicyclic) bond motifs is 3. The Morgan fingerprint density at radius 3 is 2.28 bits per heavy atom. The molecule has 0 heterocycles. The maximum atomic E-state index is 14.3. The minimum atomic E-state index is -2.68. The first kappa shape index (κ1) is 26.1. The summed E-state index contributed by atoms with van der Waals surface area (Å²) in [6.07, 6.45) is -0.527. The predicted molar refractivity (Wildman–Crippen MR) is 140 cm³/mol. The highest BCUT2D eigenvalue weighted by Gasteiger charge is 2.74. The number of nitrogens with zero attached hydrogens (tertiary/aromatic N) is 2. The van der Waals surface area contributed by atoms with E-state index >= 15 is 0 Å². The largest absolute Gasteiger partial charge is 0.509 e. The van der Waals surface area contributed by atoms with Gasteiger partial charge in [-0.1, -0.05) is 36.4 Å². The van der Waals surface area contributed by atoms with E-state index in [1.54, 1.807) is 12.1 Å². The van der Waals surface area contributed by atoms with E-state index in [9.17, 15) is 35.0 Å². The lowest BCUT2D eigenvalue weighted by Gasteiger charge is -2.58. The van der Waals surface area contributed by atoms with E-state index < -0.39 is 69.1 Å². The SMILES string of the molecule is CN(C)[C@@H]1C(=O)C(C(N)=O)=C(O)[C@@]2(C#N)C(=O)C3=C(O)c4c(O)ccc(-c5ccccc5)c4C[C@@]3(N)C[C@@]12N. The summed E-state index contributed by atoms with van der Waals surface area (Å²) in [7, 11) is 2.94. The zero-order valence-electron chi connectivity index (χ0n) is 21.2. The first-order valence-electron chi connectivity index (χ1n) is 12.1. The number of nitrogens with two attached hydrogens (primary N) is 3. The number of hydrogen-bond acceptors (Lipinski definition) is 10. The molecule has 4 atom stereocenters. The van der Waals surface area contributed by atoms with Gasteiger partial charge in [0.15, 0.2) is 17.0 Å². The number of hydrogen-bond donors (Lipinski definition) is 6. The fraction of sp³-hybridized carbons (Fsp3) is 0.286. The van der Waals surface area contributed by atoms with Crippen LogP contribution in [-0.2, 0) is 20.8 Å². The van der Waals surface area contributed by atoms with Crippen LogP contribution in [0.1, 0.15) is 17.5 Å². The molecule has 0 saturated heterocycles. The molecule has 3 aliphatic rings. The van der Waals surface area contributed by atoms with Crippen molar-refractivity contribution in [3.63, 3.8) is 0 Å². The predicted octanol–water partition coefficient (Wildman–Crippen LogP) is 0.572. The Labute approximate surface area is 223 Å². The number of primary amides is 1. The lowest BCUT2D eigenvalue weighted by atomic mass is 9.47. The van der Waals surface area contributed by atoms with Crippen molar-refractivity contribution in [2.24, 2.45) is 22.6 Å². The molecule has 1 fully saturated rings. The number of Topliss-reactive ketones (excluding diaryl/α,β-unsaturated/α-hetero) is 2. The number of phenolic OH excluding ortho intramolecular Hbond substituents is 1. The lowest BCUT2D eigenvalue weighted by molar-refractivity contribution is -0.139. The van der Waals surface area contributed by atoms with Crippen LogP contribution >= 0.6 is 0 Å². The van der Waals surface area contributed by atoms with Gasteiger partial charge in [0.1, 0.15) is 22.8 Å². The van der Waals surface area contributed by atoms with Crippen molar-refractivity contribution in [1.29, 1.82) is 5.26 Å². The van der Waals surface area contributed by atoms with Crippen LogP contribution in [-0.4, -0.2) is 68.9 Å². The minimum Gasteiger partial charge on any atom is -0.509 e. The molecule has 1 saturated carbocycles. The zero-order chi connectivity index (χ0) is 28.7. The molecule has 1 amide bonds. The number of likely N-dealkylation sites (N-methyl/N-ethyl adjacent to an activating group) is 1. The average Bonchev–Trinajstić information content (AvgIpc) is 2.83. The van der Waals surface area contributed by atoms with Crippen molar-refractivity contribution in [3.8, 4) is 22.9 Å². The van der Waals surface area contributed by atoms with Crippen molar-refractivity contribution >= 4 is 23.2 Å². The third-order valence-corrected chi connectivity index (χ3v) is 8.22. The highest BCUT2D eigenvalue weighted by atomic mass is 16.3. The molecular weight excluding hydrogens is 502 g/mol. The molecule has 0 spiro atoms. The van der Waals surface area contributed by atoms with Crippen molar-refractivity contribution in [2.45, 2.75) is 30.0 Å². The van der Waals surface area contributed by atoms with Crippen LogP contribution in [0, 0.1) is 16.7 Å². The second-order valence-corrected chi connectivity index (χ2v) is 10.6. The molecule has 3 aliphatic carbocycles. The zero-order valence-corrected chi connectivity index (χ0v) is 21.2. The van der Waals surface area contributed by atoms with E-state index in [0.29, 0.717) is 11.1 Å². The topological polar surface area (TPSA) is 217 Å². The second-order valence-electron chi connectivity index (χ2n) is 10.6. The summed E-state index contributed by atoms with van der Waals surface area (Å²) >= 11 is 0. The van der Waals surface area contributed by atoms with Gasteiger partial charge in [0, 0.05) is 0 Å². The Kier molecular flexibility index (Phi) is 5.52. The Balaban J connectivity index is 1.87. The number of carbonyl (C=O) groups is 3. The van der Waals surface area contributed by atoms with E-state index in [4.69, 9.17) is 17.2 Å². The lowest BCUT2D eigenvalue weighted by Crippen LogP contribution is -2.80. The molecule has 39 heavy (non-hydrogen) atoms. The summed E-state index contributed by atoms with van der Waals surface area (Å²) < 4.78 is 0. The van der Waals surface area contributed by atoms with Gasteiger partial charge >= 0.3 is 0 Å². The first-order valence-corrected chi connectivity index (χ1v) is 12.1. The molecule has 11 nitrogen and oxygen atoms in total. The fourth-order valence-corrected chi connectivity index (χ4v) is 6.72. The van der Waals surface area contributed by atoms with E-state index in [-0.39, 0.29) is 17.7 Å². The number of benzene rings is 2. The molecule has 11 heteroatoms. The number of amides is 1. The minimum absolute atomic E-state index is 0.0481. The van der Waals surface area contributed by atoms with Crippen LogP contribution in [0.5, 0.6) is 5.75 Å². The molecule has 9 N–H and O–H groups in total. The Morgan fingerprint density at radius 1 is 1.08 bits per heavy atom. The number of aromatic hydroxyl groups is 1. The van der Waals surface area contributed by atoms with Gasteiger partial charge in [-0.3, -0.25) is 19.3 Å². The fourth-order valence-electron chi connectivity index (χ4n) is 6.72. The average molecular weight is 530 g/mol. The summed E-state index contributed by atoms with van der Waals surface area (Å²) in [5.41, 5.74) is 13.0. The molecule has 0 aliphatic heterocycles. The number of ketones is 2. The molecule has 0 aromatic heterocycles. The highest BCUT2D eigenvalue weighted by Crippen LogP contribution is 2.58. The van der Waals surface area contributed by atoms with Gasteiger partial charge in [-0.2, -0.15) is 5.26 Å². The number of aliphatic hydroxyl groups is 2. The van der Waals surface area contributed by atoms with Crippen molar-refractivity contribution < 1.29 is 29.7 Å². The van der Waals surface area contributed by atoms with Gasteiger partial charge in [0.05, 0.1) is 34.3 Å². The Hall–Kier alpha value is -4.50. The number of aliphatic hydroxyl groups excluding tert-OH is 2. The Morgan fingerprint density at radius 2 is 1.72 bits per heavy atom. The molecule has 200 valence electrons. The smallest absolute Gasteiger partial charge is 0.255 e. The van der Waals surface area contributed by atoms with Gasteiger partial charge in [-0.25, -0.2) is 0 Å². The van der Waals surface area contributed by atoms with Gasteiger partial charge < -0.3 is 32.5 Å². The molecule has 0 bridgehead atoms. The van der Waals surface area contributed by atoms with Crippen LogP contribution in [0.15, 0.2) is 59.4 Å². The van der Waals surface area contributed by atoms with Gasteiger partial charge in [0.2, 0.25) is 0 Å². The van der Waals surface area contributed by atoms with Crippen LogP contribution in [0.4, 0.5) is 0 Å². The number of rotatable bonds is 3. The number of phenols is 1. The molecule has 2 aromatic carbocycles. The number of nitriles is 1. The molecule has 0 unspecified atom stereocenters. The van der Waals surface area contributed by atoms with Crippen molar-refractivity contribution in [1.82, 2.24) is 4.90 Å². The van der Waals surface area contributed by atoms with Crippen LogP contribution in [0.25, 0.3) is 16.9 Å². The third-order valence-electron chi connectivity index (χ3n) is 8.22. The Bertz CT molecular complexity index is 1590. The van der Waals surface area contributed by atoms with Gasteiger partial charge in [-0.05, 0) is 49.7 Å². The summed E-state index contributed by atoms with van der Waals surface area (Å²) in [6, 6.07) is 12.5. The standard InChI is InChI=1S/C28H27N5O6/c1-33(2)22-21(36)18(25(30)39)23(37)27(12-29)24(38)19-20(35)17-15(10-26(19,31)11-28(22,27)32)14(8-9-16(17)34)13-6-4-3-5-7-13/h3-9,22,34-35,37H,10-11,31-32H2,1-2H3,(H2,30,39)/t22-,26-,27+,28-/m1/s1.